The van der Waals surface area contributed by atoms with Crippen LogP contribution in [-0.2, 0) is 0 Å². The quantitative estimate of drug-likeness (QED) is 0.720. The first kappa shape index (κ1) is 10.7. The van der Waals surface area contributed by atoms with Crippen LogP contribution in [0, 0.1) is 0 Å². The summed E-state index contributed by atoms with van der Waals surface area (Å²) in [5, 5.41) is 12.8. The second-order valence-corrected chi connectivity index (χ2v) is 4.86. The molecule has 0 atom stereocenters. The highest BCUT2D eigenvalue weighted by molar-refractivity contribution is 5.75. The van der Waals surface area contributed by atoms with Gasteiger partial charge in [-0.1, -0.05) is 19.8 Å². The molecule has 0 unspecified atom stereocenters. The van der Waals surface area contributed by atoms with E-state index in [1.54, 1.807) is 4.90 Å². The van der Waals surface area contributed by atoms with Crippen LogP contribution in [0.3, 0.4) is 0 Å². The number of carbonyl (C=O) groups is 1. The van der Waals surface area contributed by atoms with Crippen molar-refractivity contribution in [2.24, 2.45) is 0 Å². The van der Waals surface area contributed by atoms with Gasteiger partial charge in [-0.3, -0.25) is 0 Å². The van der Waals surface area contributed by atoms with Crippen LogP contribution in [0.1, 0.15) is 39.0 Å². The number of β-amino-alcohol motifs (C(OH)–C–C–N with tert-alkyl or cyclic N) is 1. The third kappa shape index (κ3) is 2.25. The molecule has 1 saturated carbocycles. The van der Waals surface area contributed by atoms with Gasteiger partial charge >= 0.3 is 6.03 Å². The number of rotatable bonds is 2. The lowest BCUT2D eigenvalue weighted by atomic mass is 9.92. The van der Waals surface area contributed by atoms with E-state index in [2.05, 4.69) is 5.32 Å². The first-order valence-electron chi connectivity index (χ1n) is 5.91. The zero-order valence-corrected chi connectivity index (χ0v) is 9.33. The molecule has 2 amide bonds. The van der Waals surface area contributed by atoms with Gasteiger partial charge in [0.2, 0.25) is 0 Å². The molecule has 0 aromatic carbocycles. The van der Waals surface area contributed by atoms with E-state index in [1.165, 1.54) is 12.8 Å². The number of hydrogen-bond acceptors (Lipinski definition) is 2. The Morgan fingerprint density at radius 3 is 2.60 bits per heavy atom. The second kappa shape index (κ2) is 4.00. The number of urea groups is 1. The van der Waals surface area contributed by atoms with Crippen molar-refractivity contribution in [1.82, 2.24) is 10.2 Å². The van der Waals surface area contributed by atoms with Crippen molar-refractivity contribution in [3.63, 3.8) is 0 Å². The van der Waals surface area contributed by atoms with Crippen LogP contribution in [0.2, 0.25) is 0 Å². The monoisotopic (exact) mass is 212 g/mol. The zero-order chi connectivity index (χ0) is 10.9. The molecule has 0 aromatic heterocycles. The molecular weight excluding hydrogens is 192 g/mol. The van der Waals surface area contributed by atoms with Crippen molar-refractivity contribution < 1.29 is 9.90 Å². The highest BCUT2D eigenvalue weighted by atomic mass is 16.3. The highest BCUT2D eigenvalue weighted by Gasteiger charge is 2.42. The molecule has 0 bridgehead atoms. The highest BCUT2D eigenvalue weighted by Crippen LogP contribution is 2.24. The molecule has 4 nitrogen and oxygen atoms in total. The second-order valence-electron chi connectivity index (χ2n) is 4.86. The Balaban J connectivity index is 1.74. The minimum atomic E-state index is -0.618. The maximum atomic E-state index is 11.7. The molecule has 0 radical (unpaired) electrons. The lowest BCUT2D eigenvalue weighted by Crippen LogP contribution is -2.65. The van der Waals surface area contributed by atoms with E-state index in [-0.39, 0.29) is 6.03 Å². The van der Waals surface area contributed by atoms with Crippen molar-refractivity contribution in [3.05, 3.63) is 0 Å². The van der Waals surface area contributed by atoms with Crippen LogP contribution >= 0.6 is 0 Å². The van der Waals surface area contributed by atoms with Crippen LogP contribution < -0.4 is 5.32 Å². The normalized spacial score (nSPS) is 25.1. The Bertz CT molecular complexity index is 243. The van der Waals surface area contributed by atoms with Gasteiger partial charge in [0.1, 0.15) is 0 Å². The Morgan fingerprint density at radius 1 is 1.47 bits per heavy atom. The fourth-order valence-electron chi connectivity index (χ4n) is 2.37. The summed E-state index contributed by atoms with van der Waals surface area (Å²) in [5.74, 6) is 0. The fraction of sp³-hybridized carbons (Fsp3) is 0.909. The molecule has 1 saturated heterocycles. The molecule has 2 N–H and O–H groups in total. The molecule has 2 rings (SSSR count). The van der Waals surface area contributed by atoms with Gasteiger partial charge in [-0.15, -0.1) is 0 Å². The van der Waals surface area contributed by atoms with E-state index in [0.29, 0.717) is 19.1 Å². The Kier molecular flexibility index (Phi) is 2.87. The minimum absolute atomic E-state index is 0.0000231. The molecule has 0 aromatic rings. The number of amides is 2. The van der Waals surface area contributed by atoms with Crippen molar-refractivity contribution in [2.75, 3.05) is 13.1 Å². The Labute approximate surface area is 90.6 Å². The van der Waals surface area contributed by atoms with E-state index in [1.807, 2.05) is 6.92 Å². The first-order chi connectivity index (χ1) is 7.13. The molecular formula is C11H20N2O2. The van der Waals surface area contributed by atoms with E-state index < -0.39 is 5.60 Å². The largest absolute Gasteiger partial charge is 0.386 e. The molecule has 2 aliphatic rings. The lowest BCUT2D eigenvalue weighted by molar-refractivity contribution is -0.0781. The van der Waals surface area contributed by atoms with Gasteiger partial charge in [0.15, 0.2) is 0 Å². The third-order valence-corrected chi connectivity index (χ3v) is 3.60. The van der Waals surface area contributed by atoms with Gasteiger partial charge in [0.05, 0.1) is 18.7 Å². The summed E-state index contributed by atoms with van der Waals surface area (Å²) in [5.41, 5.74) is -0.618. The molecule has 86 valence electrons. The fourth-order valence-corrected chi connectivity index (χ4v) is 2.37. The molecule has 2 fully saturated rings. The van der Waals surface area contributed by atoms with Gasteiger partial charge in [-0.25, -0.2) is 4.79 Å². The number of aliphatic hydroxyl groups is 1. The van der Waals surface area contributed by atoms with Crippen molar-refractivity contribution in [2.45, 2.75) is 50.7 Å². The maximum absolute atomic E-state index is 11.7. The van der Waals surface area contributed by atoms with Gasteiger partial charge in [-0.05, 0) is 19.3 Å². The summed E-state index contributed by atoms with van der Waals surface area (Å²) >= 11 is 0. The van der Waals surface area contributed by atoms with Crippen LogP contribution in [0.4, 0.5) is 4.79 Å². The smallest absolute Gasteiger partial charge is 0.317 e. The van der Waals surface area contributed by atoms with Gasteiger partial charge < -0.3 is 15.3 Å². The summed E-state index contributed by atoms with van der Waals surface area (Å²) in [7, 11) is 0. The summed E-state index contributed by atoms with van der Waals surface area (Å²) in [6.07, 6.45) is 5.39. The molecule has 4 heteroatoms. The van der Waals surface area contributed by atoms with Crippen molar-refractivity contribution in [3.8, 4) is 0 Å². The number of nitrogens with one attached hydrogen (secondary N) is 1. The average molecular weight is 212 g/mol. The summed E-state index contributed by atoms with van der Waals surface area (Å²) in [6.45, 7) is 2.93. The SMILES string of the molecule is CCC1(O)CN(C(=O)NC2CCCC2)C1. The number of nitrogens with zero attached hydrogens (tertiary/aromatic N) is 1. The topological polar surface area (TPSA) is 52.6 Å². The number of hydrogen-bond donors (Lipinski definition) is 2. The molecule has 1 aliphatic heterocycles. The van der Waals surface area contributed by atoms with E-state index >= 15 is 0 Å². The van der Waals surface area contributed by atoms with E-state index in [0.717, 1.165) is 19.3 Å². The van der Waals surface area contributed by atoms with Crippen LogP contribution in [-0.4, -0.2) is 40.8 Å². The van der Waals surface area contributed by atoms with Crippen molar-refractivity contribution >= 4 is 6.03 Å². The molecule has 1 aliphatic carbocycles. The maximum Gasteiger partial charge on any atom is 0.317 e. The van der Waals surface area contributed by atoms with Crippen LogP contribution in [0.5, 0.6) is 0 Å². The third-order valence-electron chi connectivity index (χ3n) is 3.60. The Hall–Kier alpha value is -0.770. The Morgan fingerprint density at radius 2 is 2.07 bits per heavy atom. The van der Waals surface area contributed by atoms with Crippen molar-refractivity contribution in [1.29, 1.82) is 0 Å². The predicted molar refractivity (Wildman–Crippen MR) is 57.6 cm³/mol. The van der Waals surface area contributed by atoms with Gasteiger partial charge in [-0.2, -0.15) is 0 Å². The van der Waals surface area contributed by atoms with Gasteiger partial charge in [0.25, 0.3) is 0 Å². The number of likely N-dealkylation sites (tertiary alicyclic amines) is 1. The standard InChI is InChI=1S/C11H20N2O2/c1-2-11(15)7-13(8-11)10(14)12-9-5-3-4-6-9/h9,15H,2-8H2,1H3,(H,12,14). The molecule has 15 heavy (non-hydrogen) atoms. The average Bonchev–Trinajstić information content (AvgIpc) is 2.65. The number of carbonyl (C=O) groups excluding carboxylic acids is 1. The predicted octanol–water partition coefficient (Wildman–Crippen LogP) is 1.10. The lowest BCUT2D eigenvalue weighted by Gasteiger charge is -2.46. The van der Waals surface area contributed by atoms with Gasteiger partial charge in [0, 0.05) is 6.04 Å². The molecule has 1 heterocycles. The molecule has 0 spiro atoms. The van der Waals surface area contributed by atoms with E-state index in [9.17, 15) is 9.90 Å². The summed E-state index contributed by atoms with van der Waals surface area (Å²) < 4.78 is 0. The van der Waals surface area contributed by atoms with E-state index in [4.69, 9.17) is 0 Å². The summed E-state index contributed by atoms with van der Waals surface area (Å²) in [4.78, 5) is 13.4. The first-order valence-corrected chi connectivity index (χ1v) is 5.91. The van der Waals surface area contributed by atoms with Crippen LogP contribution in [0.25, 0.3) is 0 Å². The van der Waals surface area contributed by atoms with Crippen LogP contribution in [0.15, 0.2) is 0 Å². The minimum Gasteiger partial charge on any atom is -0.386 e. The summed E-state index contributed by atoms with van der Waals surface area (Å²) in [6, 6.07) is 0.368. The zero-order valence-electron chi connectivity index (χ0n) is 9.33.